The maximum atomic E-state index is 12.4. The number of allylic oxidation sites excluding steroid dienone is 1. The summed E-state index contributed by atoms with van der Waals surface area (Å²) in [6.45, 7) is 1.99. The van der Waals surface area contributed by atoms with Crippen LogP contribution in [0.1, 0.15) is 15.4 Å². The van der Waals surface area contributed by atoms with Crippen LogP contribution in [-0.2, 0) is 0 Å². The normalized spacial score (nSPS) is 11.7. The standard InChI is InChI=1S/C20H10Cl2N2O2S2/c1-10-2-3-27-17(10)6-12(8-23)19-24-16(9-28-19)14-5-11-4-13(21)7-15(22)18(11)26-20(14)25/h2-7,9H,1H3. The van der Waals surface area contributed by atoms with E-state index in [9.17, 15) is 10.1 Å². The largest absolute Gasteiger partial charge is 0.421 e. The van der Waals surface area contributed by atoms with Gasteiger partial charge in [0.2, 0.25) is 0 Å². The number of nitrogens with zero attached hydrogens (tertiary/aromatic N) is 2. The Bertz CT molecular complexity index is 1340. The number of aryl methyl sites for hydroxylation is 1. The van der Waals surface area contributed by atoms with E-state index in [1.165, 1.54) is 17.4 Å². The number of thiazole rings is 1. The molecule has 0 fully saturated rings. The number of aromatic nitrogens is 1. The van der Waals surface area contributed by atoms with Gasteiger partial charge >= 0.3 is 5.63 Å². The van der Waals surface area contributed by atoms with E-state index < -0.39 is 5.63 Å². The maximum Gasteiger partial charge on any atom is 0.345 e. The minimum atomic E-state index is -0.551. The molecule has 0 N–H and O–H groups in total. The summed E-state index contributed by atoms with van der Waals surface area (Å²) in [6, 6.07) is 9.02. The van der Waals surface area contributed by atoms with Crippen molar-refractivity contribution in [3.8, 4) is 17.3 Å². The van der Waals surface area contributed by atoms with Crippen LogP contribution >= 0.6 is 45.9 Å². The molecular formula is C20H10Cl2N2O2S2. The minimum Gasteiger partial charge on any atom is -0.421 e. The van der Waals surface area contributed by atoms with Gasteiger partial charge in [0.05, 0.1) is 21.9 Å². The molecule has 0 aliphatic rings. The van der Waals surface area contributed by atoms with E-state index in [4.69, 9.17) is 27.6 Å². The molecule has 3 heterocycles. The topological polar surface area (TPSA) is 66.9 Å². The van der Waals surface area contributed by atoms with Crippen molar-refractivity contribution < 1.29 is 4.42 Å². The van der Waals surface area contributed by atoms with Crippen LogP contribution in [-0.4, -0.2) is 4.98 Å². The number of benzene rings is 1. The molecule has 4 aromatic rings. The first kappa shape index (κ1) is 18.9. The monoisotopic (exact) mass is 444 g/mol. The molecule has 28 heavy (non-hydrogen) atoms. The number of hydrogen-bond acceptors (Lipinski definition) is 6. The molecule has 0 unspecified atom stereocenters. The van der Waals surface area contributed by atoms with E-state index in [2.05, 4.69) is 11.1 Å². The molecule has 4 nitrogen and oxygen atoms in total. The number of nitriles is 1. The summed E-state index contributed by atoms with van der Waals surface area (Å²) >= 11 is 15.0. The van der Waals surface area contributed by atoms with Gasteiger partial charge in [0.25, 0.3) is 0 Å². The molecule has 3 aromatic heterocycles. The molecule has 0 atom stereocenters. The van der Waals surface area contributed by atoms with Gasteiger partial charge in [-0.2, -0.15) is 5.26 Å². The molecule has 8 heteroatoms. The summed E-state index contributed by atoms with van der Waals surface area (Å²) in [5.41, 5.74) is 2.00. The summed E-state index contributed by atoms with van der Waals surface area (Å²) in [5.74, 6) is 0. The van der Waals surface area contributed by atoms with Crippen LogP contribution in [0, 0.1) is 18.3 Å². The summed E-state index contributed by atoms with van der Waals surface area (Å²) in [4.78, 5) is 17.9. The highest BCUT2D eigenvalue weighted by atomic mass is 35.5. The second-order valence-electron chi connectivity index (χ2n) is 5.93. The van der Waals surface area contributed by atoms with Crippen molar-refractivity contribution in [3.05, 3.63) is 70.9 Å². The lowest BCUT2D eigenvalue weighted by molar-refractivity contribution is 0.563. The number of fused-ring (bicyclic) bond motifs is 1. The lowest BCUT2D eigenvalue weighted by atomic mass is 10.1. The van der Waals surface area contributed by atoms with Crippen molar-refractivity contribution in [1.29, 1.82) is 5.26 Å². The molecule has 0 aliphatic heterocycles. The van der Waals surface area contributed by atoms with Crippen molar-refractivity contribution in [2.24, 2.45) is 0 Å². The number of halogens is 2. The SMILES string of the molecule is Cc1ccsc1C=C(C#N)c1nc(-c2cc3cc(Cl)cc(Cl)c3oc2=O)cs1. The Morgan fingerprint density at radius 3 is 2.82 bits per heavy atom. The van der Waals surface area contributed by atoms with Gasteiger partial charge in [-0.25, -0.2) is 9.78 Å². The molecule has 0 saturated heterocycles. The highest BCUT2D eigenvalue weighted by molar-refractivity contribution is 7.12. The lowest BCUT2D eigenvalue weighted by Gasteiger charge is -2.02. The third-order valence-electron chi connectivity index (χ3n) is 4.06. The number of hydrogen-bond donors (Lipinski definition) is 0. The van der Waals surface area contributed by atoms with Crippen LogP contribution in [0.15, 0.2) is 44.2 Å². The fraction of sp³-hybridized carbons (Fsp3) is 0.0500. The van der Waals surface area contributed by atoms with Gasteiger partial charge in [0.15, 0.2) is 5.58 Å². The summed E-state index contributed by atoms with van der Waals surface area (Å²) in [7, 11) is 0. The number of thiophene rings is 1. The molecule has 0 spiro atoms. The van der Waals surface area contributed by atoms with Crippen LogP contribution in [0.25, 0.3) is 33.9 Å². The fourth-order valence-electron chi connectivity index (χ4n) is 2.66. The van der Waals surface area contributed by atoms with Gasteiger partial charge in [-0.15, -0.1) is 22.7 Å². The Balaban J connectivity index is 1.80. The van der Waals surface area contributed by atoms with Gasteiger partial charge in [-0.3, -0.25) is 0 Å². The van der Waals surface area contributed by atoms with Gasteiger partial charge in [0.1, 0.15) is 11.1 Å². The second kappa shape index (κ2) is 7.53. The fourth-order valence-corrected chi connectivity index (χ4v) is 4.85. The molecule has 1 aromatic carbocycles. The Labute approximate surface area is 177 Å². The smallest absolute Gasteiger partial charge is 0.345 e. The van der Waals surface area contributed by atoms with Gasteiger partial charge in [-0.05, 0) is 48.2 Å². The summed E-state index contributed by atoms with van der Waals surface area (Å²) in [5, 5.41) is 15.1. The van der Waals surface area contributed by atoms with E-state index in [1.807, 2.05) is 24.4 Å². The average Bonchev–Trinajstić information content (AvgIpc) is 3.29. The summed E-state index contributed by atoms with van der Waals surface area (Å²) in [6.07, 6.45) is 1.81. The molecule has 0 aliphatic carbocycles. The molecule has 4 rings (SSSR count). The van der Waals surface area contributed by atoms with Crippen LogP contribution in [0.5, 0.6) is 0 Å². The van der Waals surface area contributed by atoms with E-state index in [-0.39, 0.29) is 16.2 Å². The Morgan fingerprint density at radius 2 is 2.11 bits per heavy atom. The highest BCUT2D eigenvalue weighted by Gasteiger charge is 2.15. The van der Waals surface area contributed by atoms with Crippen molar-refractivity contribution in [3.63, 3.8) is 0 Å². The first-order valence-corrected chi connectivity index (χ1v) is 10.5. The van der Waals surface area contributed by atoms with Gasteiger partial charge in [0, 0.05) is 20.7 Å². The van der Waals surface area contributed by atoms with Crippen molar-refractivity contribution in [2.45, 2.75) is 6.92 Å². The first-order chi connectivity index (χ1) is 13.5. The van der Waals surface area contributed by atoms with Crippen molar-refractivity contribution in [2.75, 3.05) is 0 Å². The third-order valence-corrected chi connectivity index (χ3v) is 6.40. The molecule has 0 bridgehead atoms. The minimum absolute atomic E-state index is 0.270. The van der Waals surface area contributed by atoms with Crippen molar-refractivity contribution in [1.82, 2.24) is 4.98 Å². The molecule has 0 amide bonds. The second-order valence-corrected chi connectivity index (χ2v) is 8.58. The zero-order valence-electron chi connectivity index (χ0n) is 14.3. The average molecular weight is 445 g/mol. The predicted molar refractivity (Wildman–Crippen MR) is 116 cm³/mol. The molecular weight excluding hydrogens is 435 g/mol. The Morgan fingerprint density at radius 1 is 1.29 bits per heavy atom. The molecule has 138 valence electrons. The van der Waals surface area contributed by atoms with E-state index in [1.54, 1.807) is 28.8 Å². The Kier molecular flexibility index (Phi) is 5.09. The van der Waals surface area contributed by atoms with Gasteiger partial charge < -0.3 is 4.42 Å². The van der Waals surface area contributed by atoms with Crippen LogP contribution in [0.4, 0.5) is 0 Å². The summed E-state index contributed by atoms with van der Waals surface area (Å²) < 4.78 is 5.37. The van der Waals surface area contributed by atoms with E-state index in [0.717, 1.165) is 10.4 Å². The molecule has 0 saturated carbocycles. The first-order valence-electron chi connectivity index (χ1n) is 8.01. The Hall–Kier alpha value is -2.43. The highest BCUT2D eigenvalue weighted by Crippen LogP contribution is 2.31. The zero-order chi connectivity index (χ0) is 19.8. The quantitative estimate of drug-likeness (QED) is 0.261. The lowest BCUT2D eigenvalue weighted by Crippen LogP contribution is -2.03. The molecule has 0 radical (unpaired) electrons. The van der Waals surface area contributed by atoms with Crippen LogP contribution in [0.3, 0.4) is 0 Å². The van der Waals surface area contributed by atoms with Crippen molar-refractivity contribution >= 4 is 68.5 Å². The third kappa shape index (κ3) is 3.50. The van der Waals surface area contributed by atoms with Gasteiger partial charge in [-0.1, -0.05) is 23.2 Å². The van der Waals surface area contributed by atoms with E-state index in [0.29, 0.717) is 26.7 Å². The van der Waals surface area contributed by atoms with E-state index >= 15 is 0 Å². The predicted octanol–water partition coefficient (Wildman–Crippen LogP) is 6.66. The number of rotatable bonds is 3. The van der Waals surface area contributed by atoms with Crippen LogP contribution < -0.4 is 5.63 Å². The van der Waals surface area contributed by atoms with Crippen LogP contribution in [0.2, 0.25) is 10.0 Å². The zero-order valence-corrected chi connectivity index (χ0v) is 17.5. The maximum absolute atomic E-state index is 12.4.